The summed E-state index contributed by atoms with van der Waals surface area (Å²) in [5, 5.41) is 11.6. The molecule has 3 aromatic heterocycles. The molecule has 0 radical (unpaired) electrons. The molecule has 33 heavy (non-hydrogen) atoms. The summed E-state index contributed by atoms with van der Waals surface area (Å²) in [4.78, 5) is 12.0. The van der Waals surface area contributed by atoms with Crippen LogP contribution in [-0.4, -0.2) is 30.8 Å². The van der Waals surface area contributed by atoms with Gasteiger partial charge in [0.05, 0.1) is 40.9 Å². The Bertz CT molecular complexity index is 1340. The fourth-order valence-corrected chi connectivity index (χ4v) is 4.36. The van der Waals surface area contributed by atoms with Crippen LogP contribution in [0.4, 0.5) is 17.6 Å². The van der Waals surface area contributed by atoms with Gasteiger partial charge in [-0.1, -0.05) is 29.3 Å². The predicted octanol–water partition coefficient (Wildman–Crippen LogP) is 5.53. The summed E-state index contributed by atoms with van der Waals surface area (Å²) < 4.78 is 54.1. The highest BCUT2D eigenvalue weighted by Crippen LogP contribution is 2.40. The predicted molar refractivity (Wildman–Crippen MR) is 116 cm³/mol. The summed E-state index contributed by atoms with van der Waals surface area (Å²) in [5.41, 5.74) is -0.951. The Morgan fingerprint density at radius 3 is 2.45 bits per heavy atom. The van der Waals surface area contributed by atoms with Crippen molar-refractivity contribution in [2.75, 3.05) is 0 Å². The van der Waals surface area contributed by atoms with Crippen LogP contribution in [0.2, 0.25) is 10.2 Å². The van der Waals surface area contributed by atoms with E-state index in [2.05, 4.69) is 15.0 Å². The maximum atomic E-state index is 13.3. The van der Waals surface area contributed by atoms with Crippen molar-refractivity contribution in [3.63, 3.8) is 0 Å². The summed E-state index contributed by atoms with van der Waals surface area (Å²) in [6, 6.07) is 7.43. The van der Waals surface area contributed by atoms with Crippen molar-refractivity contribution in [2.45, 2.75) is 24.9 Å². The molecule has 0 amide bonds. The summed E-state index contributed by atoms with van der Waals surface area (Å²) in [6.45, 7) is -0.845. The summed E-state index contributed by atoms with van der Waals surface area (Å²) in [6.07, 6.45) is -1.61. The van der Waals surface area contributed by atoms with Crippen LogP contribution < -0.4 is 0 Å². The van der Waals surface area contributed by atoms with Crippen LogP contribution in [0.5, 0.6) is 0 Å². The quantitative estimate of drug-likeness (QED) is 0.290. The molecule has 1 N–H and O–H groups in total. The van der Waals surface area contributed by atoms with Crippen molar-refractivity contribution in [3.8, 4) is 0 Å². The molecule has 4 rings (SSSR count). The number of halogens is 6. The second-order valence-electron chi connectivity index (χ2n) is 7.49. The lowest BCUT2D eigenvalue weighted by atomic mass is 9.83. The van der Waals surface area contributed by atoms with E-state index in [1.165, 1.54) is 43.0 Å². The topological polar surface area (TPSA) is 63.8 Å². The average molecular weight is 499 g/mol. The van der Waals surface area contributed by atoms with Gasteiger partial charge in [-0.3, -0.25) is 4.98 Å². The van der Waals surface area contributed by atoms with Crippen LogP contribution >= 0.6 is 23.2 Å². The second kappa shape index (κ2) is 8.55. The van der Waals surface area contributed by atoms with E-state index in [4.69, 9.17) is 23.2 Å². The Morgan fingerprint density at radius 1 is 1.09 bits per heavy atom. The fourth-order valence-electron chi connectivity index (χ4n) is 3.76. The molecule has 0 spiro atoms. The van der Waals surface area contributed by atoms with E-state index in [9.17, 15) is 22.7 Å². The number of aromatic nitrogens is 4. The molecule has 172 valence electrons. The Hall–Kier alpha value is -2.75. The van der Waals surface area contributed by atoms with Crippen LogP contribution in [-0.2, 0) is 25.7 Å². The molecule has 11 heteroatoms. The molecule has 1 unspecified atom stereocenters. The molecule has 0 aliphatic carbocycles. The van der Waals surface area contributed by atoms with E-state index in [0.29, 0.717) is 11.3 Å². The lowest BCUT2D eigenvalue weighted by Crippen LogP contribution is -2.31. The minimum Gasteiger partial charge on any atom is -0.374 e. The van der Waals surface area contributed by atoms with Gasteiger partial charge in [0.2, 0.25) is 0 Å². The van der Waals surface area contributed by atoms with Gasteiger partial charge in [-0.15, -0.1) is 0 Å². The standard InChI is InChI=1S/C22H16Cl2F4N4O/c1-32-11-29-10-18(32)22(33,13-4-5-30-14(6-13)9-25)12-2-3-17-15(7-12)19(23)16(20(24)31-17)8-21(26,27)28/h2-7,10-11,33H,8-9H2,1H3. The molecule has 0 aliphatic rings. The van der Waals surface area contributed by atoms with E-state index in [-0.39, 0.29) is 37.9 Å². The van der Waals surface area contributed by atoms with Crippen molar-refractivity contribution < 1.29 is 22.7 Å². The lowest BCUT2D eigenvalue weighted by molar-refractivity contribution is -0.127. The number of nitrogens with zero attached hydrogens (tertiary/aromatic N) is 4. The average Bonchev–Trinajstić information content (AvgIpc) is 3.21. The van der Waals surface area contributed by atoms with Gasteiger partial charge in [-0.25, -0.2) is 14.4 Å². The van der Waals surface area contributed by atoms with E-state index in [1.807, 2.05) is 0 Å². The van der Waals surface area contributed by atoms with Crippen molar-refractivity contribution >= 4 is 34.1 Å². The van der Waals surface area contributed by atoms with Crippen molar-refractivity contribution in [3.05, 3.63) is 87.3 Å². The van der Waals surface area contributed by atoms with Crippen molar-refractivity contribution in [1.82, 2.24) is 19.5 Å². The van der Waals surface area contributed by atoms with Gasteiger partial charge < -0.3 is 9.67 Å². The normalized spacial score (nSPS) is 13.9. The Morgan fingerprint density at radius 2 is 1.82 bits per heavy atom. The van der Waals surface area contributed by atoms with Crippen molar-refractivity contribution in [2.24, 2.45) is 7.05 Å². The first-order valence-electron chi connectivity index (χ1n) is 9.60. The third kappa shape index (κ3) is 4.28. The zero-order valence-corrected chi connectivity index (χ0v) is 18.5. The SMILES string of the molecule is Cn1cncc1C(O)(c1ccnc(CF)c1)c1ccc2nc(Cl)c(CC(F)(F)F)c(Cl)c2c1. The third-order valence-corrected chi connectivity index (χ3v) is 6.06. The smallest absolute Gasteiger partial charge is 0.374 e. The number of aryl methyl sites for hydroxylation is 1. The fraction of sp³-hybridized carbons (Fsp3) is 0.227. The summed E-state index contributed by atoms with van der Waals surface area (Å²) >= 11 is 12.3. The van der Waals surface area contributed by atoms with Gasteiger partial charge in [0.1, 0.15) is 11.8 Å². The zero-order chi connectivity index (χ0) is 24.0. The van der Waals surface area contributed by atoms with E-state index >= 15 is 0 Å². The first-order chi connectivity index (χ1) is 15.5. The Labute approximate surface area is 195 Å². The lowest BCUT2D eigenvalue weighted by Gasteiger charge is -2.30. The van der Waals surface area contributed by atoms with Crippen molar-refractivity contribution in [1.29, 1.82) is 0 Å². The molecule has 0 saturated carbocycles. The van der Waals surface area contributed by atoms with E-state index < -0.39 is 24.9 Å². The summed E-state index contributed by atoms with van der Waals surface area (Å²) in [7, 11) is 1.67. The molecular weight excluding hydrogens is 483 g/mol. The van der Waals surface area contributed by atoms with Gasteiger partial charge in [0, 0.05) is 24.2 Å². The number of rotatable bonds is 5. The number of aliphatic hydroxyl groups is 1. The number of alkyl halides is 4. The zero-order valence-electron chi connectivity index (χ0n) is 17.0. The maximum Gasteiger partial charge on any atom is 0.393 e. The largest absolute Gasteiger partial charge is 0.393 e. The van der Waals surface area contributed by atoms with Crippen LogP contribution in [0.1, 0.15) is 28.1 Å². The number of fused-ring (bicyclic) bond motifs is 1. The highest BCUT2D eigenvalue weighted by atomic mass is 35.5. The van der Waals surface area contributed by atoms with Gasteiger partial charge in [0.25, 0.3) is 0 Å². The van der Waals surface area contributed by atoms with Crippen LogP contribution in [0.3, 0.4) is 0 Å². The molecule has 5 nitrogen and oxygen atoms in total. The Kier molecular flexibility index (Phi) is 6.07. The van der Waals surface area contributed by atoms with E-state index in [0.717, 1.165) is 0 Å². The molecule has 0 saturated heterocycles. The first kappa shape index (κ1) is 23.4. The van der Waals surface area contributed by atoms with Crippen LogP contribution in [0, 0.1) is 0 Å². The second-order valence-corrected chi connectivity index (χ2v) is 8.22. The van der Waals surface area contributed by atoms with Crippen LogP contribution in [0.25, 0.3) is 10.9 Å². The molecular formula is C22H16Cl2F4N4O. The number of pyridine rings is 2. The molecule has 3 heterocycles. The van der Waals surface area contributed by atoms with Gasteiger partial charge >= 0.3 is 6.18 Å². The van der Waals surface area contributed by atoms with Gasteiger partial charge in [0.15, 0.2) is 5.60 Å². The van der Waals surface area contributed by atoms with Crippen LogP contribution in [0.15, 0.2) is 49.1 Å². The highest BCUT2D eigenvalue weighted by molar-refractivity contribution is 6.39. The number of hydrogen-bond acceptors (Lipinski definition) is 4. The summed E-state index contributed by atoms with van der Waals surface area (Å²) in [5.74, 6) is 0. The molecule has 4 aromatic rings. The number of benzene rings is 1. The van der Waals surface area contributed by atoms with Gasteiger partial charge in [-0.05, 0) is 35.4 Å². The minimum absolute atomic E-state index is 0.104. The molecule has 0 fully saturated rings. The monoisotopic (exact) mass is 498 g/mol. The molecule has 0 aliphatic heterocycles. The minimum atomic E-state index is -4.55. The van der Waals surface area contributed by atoms with Gasteiger partial charge in [-0.2, -0.15) is 13.2 Å². The third-order valence-electron chi connectivity index (χ3n) is 5.32. The number of imidazole rings is 1. The molecule has 0 bridgehead atoms. The Balaban J connectivity index is 1.99. The van der Waals surface area contributed by atoms with E-state index in [1.54, 1.807) is 17.7 Å². The first-order valence-corrected chi connectivity index (χ1v) is 10.4. The highest BCUT2D eigenvalue weighted by Gasteiger charge is 2.38. The maximum absolute atomic E-state index is 13.3. The molecule has 1 aromatic carbocycles. The molecule has 1 atom stereocenters. The number of hydrogen-bond donors (Lipinski definition) is 1.